The smallest absolute Gasteiger partial charge is 0.0738 e. The van der Waals surface area contributed by atoms with Crippen molar-refractivity contribution in [1.29, 1.82) is 0 Å². The second kappa shape index (κ2) is 7.95. The van der Waals surface area contributed by atoms with Crippen LogP contribution in [-0.4, -0.2) is 22.4 Å². The molecule has 0 aliphatic heterocycles. The Labute approximate surface area is 119 Å². The fraction of sp³-hybridized carbons (Fsp3) is 0.786. The number of rotatable bonds is 8. The molecule has 1 aromatic heterocycles. The SMILES string of the molecule is CCCC(CCCc1c(Br)c(C)nn1C)NCC. The quantitative estimate of drug-likeness (QED) is 0.794. The van der Waals surface area contributed by atoms with Crippen LogP contribution in [0.5, 0.6) is 0 Å². The van der Waals surface area contributed by atoms with Crippen molar-refractivity contribution in [2.75, 3.05) is 6.54 Å². The third kappa shape index (κ3) is 4.39. The van der Waals surface area contributed by atoms with Gasteiger partial charge in [0, 0.05) is 13.1 Å². The van der Waals surface area contributed by atoms with E-state index in [1.165, 1.54) is 35.8 Å². The van der Waals surface area contributed by atoms with Gasteiger partial charge >= 0.3 is 0 Å². The maximum atomic E-state index is 4.44. The number of nitrogens with zero attached hydrogens (tertiary/aromatic N) is 2. The number of aromatic nitrogens is 2. The lowest BCUT2D eigenvalue weighted by Gasteiger charge is -2.16. The minimum atomic E-state index is 0.674. The number of hydrogen-bond acceptors (Lipinski definition) is 2. The fourth-order valence-corrected chi connectivity index (χ4v) is 2.99. The van der Waals surface area contributed by atoms with Crippen LogP contribution in [0.1, 0.15) is 50.9 Å². The summed E-state index contributed by atoms with van der Waals surface area (Å²) in [5.41, 5.74) is 2.41. The van der Waals surface area contributed by atoms with E-state index in [-0.39, 0.29) is 0 Å². The van der Waals surface area contributed by atoms with E-state index < -0.39 is 0 Å². The van der Waals surface area contributed by atoms with Gasteiger partial charge in [-0.05, 0) is 55.1 Å². The summed E-state index contributed by atoms with van der Waals surface area (Å²) >= 11 is 3.63. The molecule has 4 heteroatoms. The predicted molar refractivity (Wildman–Crippen MR) is 81.0 cm³/mol. The van der Waals surface area contributed by atoms with Crippen LogP contribution in [0.15, 0.2) is 4.47 Å². The zero-order chi connectivity index (χ0) is 13.5. The zero-order valence-corrected chi connectivity index (χ0v) is 13.7. The average molecular weight is 316 g/mol. The highest BCUT2D eigenvalue weighted by molar-refractivity contribution is 9.10. The van der Waals surface area contributed by atoms with Crippen molar-refractivity contribution < 1.29 is 0 Å². The van der Waals surface area contributed by atoms with Crippen molar-refractivity contribution >= 4 is 15.9 Å². The van der Waals surface area contributed by atoms with Gasteiger partial charge in [-0.25, -0.2) is 0 Å². The fourth-order valence-electron chi connectivity index (χ4n) is 2.45. The minimum Gasteiger partial charge on any atom is -0.314 e. The van der Waals surface area contributed by atoms with E-state index in [2.05, 4.69) is 40.2 Å². The third-order valence-electron chi connectivity index (χ3n) is 3.36. The highest BCUT2D eigenvalue weighted by atomic mass is 79.9. The van der Waals surface area contributed by atoms with Gasteiger partial charge in [0.25, 0.3) is 0 Å². The molecule has 0 fully saturated rings. The summed E-state index contributed by atoms with van der Waals surface area (Å²) in [6, 6.07) is 0.674. The summed E-state index contributed by atoms with van der Waals surface area (Å²) in [5.74, 6) is 0. The van der Waals surface area contributed by atoms with Crippen LogP contribution in [0.4, 0.5) is 0 Å². The second-order valence-electron chi connectivity index (χ2n) is 4.91. The Morgan fingerprint density at radius 3 is 2.56 bits per heavy atom. The van der Waals surface area contributed by atoms with E-state index in [1.54, 1.807) is 0 Å². The molecule has 0 saturated heterocycles. The first-order chi connectivity index (χ1) is 8.60. The molecule has 0 amide bonds. The molecule has 0 aromatic carbocycles. The van der Waals surface area contributed by atoms with Crippen LogP contribution >= 0.6 is 15.9 Å². The molecule has 0 aliphatic carbocycles. The van der Waals surface area contributed by atoms with Crippen LogP contribution in [0.25, 0.3) is 0 Å². The number of halogens is 1. The Hall–Kier alpha value is -0.350. The summed E-state index contributed by atoms with van der Waals surface area (Å²) < 4.78 is 3.18. The van der Waals surface area contributed by atoms with Crippen molar-refractivity contribution in [2.24, 2.45) is 7.05 Å². The van der Waals surface area contributed by atoms with E-state index in [9.17, 15) is 0 Å². The molecule has 1 heterocycles. The normalized spacial score (nSPS) is 12.9. The lowest BCUT2D eigenvalue weighted by Crippen LogP contribution is -2.28. The molecule has 1 unspecified atom stereocenters. The summed E-state index contributed by atoms with van der Waals surface area (Å²) in [6.45, 7) is 7.56. The number of aryl methyl sites for hydroxylation is 2. The van der Waals surface area contributed by atoms with Crippen LogP contribution in [0.3, 0.4) is 0 Å². The van der Waals surface area contributed by atoms with Crippen LogP contribution in [0.2, 0.25) is 0 Å². The summed E-state index contributed by atoms with van der Waals surface area (Å²) in [5, 5.41) is 8.01. The summed E-state index contributed by atoms with van der Waals surface area (Å²) in [6.07, 6.45) is 6.10. The Morgan fingerprint density at radius 2 is 2.06 bits per heavy atom. The molecular formula is C14H26BrN3. The average Bonchev–Trinajstić information content (AvgIpc) is 2.56. The molecule has 0 spiro atoms. The van der Waals surface area contributed by atoms with E-state index in [4.69, 9.17) is 0 Å². The van der Waals surface area contributed by atoms with Gasteiger partial charge in [-0.3, -0.25) is 4.68 Å². The monoisotopic (exact) mass is 315 g/mol. The first-order valence-electron chi connectivity index (χ1n) is 7.01. The van der Waals surface area contributed by atoms with Gasteiger partial charge < -0.3 is 5.32 Å². The van der Waals surface area contributed by atoms with Crippen molar-refractivity contribution in [2.45, 2.75) is 58.9 Å². The van der Waals surface area contributed by atoms with Crippen LogP contribution in [0, 0.1) is 6.92 Å². The Kier molecular flexibility index (Phi) is 6.94. The lowest BCUT2D eigenvalue weighted by atomic mass is 10.0. The molecule has 1 aromatic rings. The van der Waals surface area contributed by atoms with Gasteiger partial charge in [0.05, 0.1) is 15.9 Å². The van der Waals surface area contributed by atoms with Crippen LogP contribution in [-0.2, 0) is 13.5 Å². The van der Waals surface area contributed by atoms with Crippen LogP contribution < -0.4 is 5.32 Å². The van der Waals surface area contributed by atoms with Crippen molar-refractivity contribution in [3.8, 4) is 0 Å². The molecule has 0 bridgehead atoms. The lowest BCUT2D eigenvalue weighted by molar-refractivity contribution is 0.445. The van der Waals surface area contributed by atoms with Gasteiger partial charge in [0.2, 0.25) is 0 Å². The second-order valence-corrected chi connectivity index (χ2v) is 5.70. The van der Waals surface area contributed by atoms with Crippen molar-refractivity contribution in [3.63, 3.8) is 0 Å². The van der Waals surface area contributed by atoms with E-state index in [0.717, 1.165) is 18.7 Å². The molecule has 1 atom stereocenters. The van der Waals surface area contributed by atoms with Gasteiger partial charge in [-0.15, -0.1) is 0 Å². The Bertz CT molecular complexity index is 354. The molecule has 0 saturated carbocycles. The van der Waals surface area contributed by atoms with E-state index >= 15 is 0 Å². The maximum absolute atomic E-state index is 4.44. The third-order valence-corrected chi connectivity index (χ3v) is 4.39. The predicted octanol–water partition coefficient (Wildman–Crippen LogP) is 3.59. The molecular weight excluding hydrogens is 290 g/mol. The topological polar surface area (TPSA) is 29.9 Å². The highest BCUT2D eigenvalue weighted by Crippen LogP contribution is 2.22. The van der Waals surface area contributed by atoms with Gasteiger partial charge in [-0.2, -0.15) is 5.10 Å². The maximum Gasteiger partial charge on any atom is 0.0738 e. The molecule has 18 heavy (non-hydrogen) atoms. The van der Waals surface area contributed by atoms with Crippen molar-refractivity contribution in [3.05, 3.63) is 15.9 Å². The van der Waals surface area contributed by atoms with Gasteiger partial charge in [0.15, 0.2) is 0 Å². The highest BCUT2D eigenvalue weighted by Gasteiger charge is 2.11. The van der Waals surface area contributed by atoms with Gasteiger partial charge in [0.1, 0.15) is 0 Å². The molecule has 0 aliphatic rings. The zero-order valence-electron chi connectivity index (χ0n) is 12.1. The molecule has 3 nitrogen and oxygen atoms in total. The molecule has 1 N–H and O–H groups in total. The molecule has 104 valence electrons. The minimum absolute atomic E-state index is 0.674. The standard InChI is InChI=1S/C14H26BrN3/c1-5-8-12(16-6-2)9-7-10-13-14(15)11(3)17-18(13)4/h12,16H,5-10H2,1-4H3. The summed E-state index contributed by atoms with van der Waals surface area (Å²) in [4.78, 5) is 0. The summed E-state index contributed by atoms with van der Waals surface area (Å²) in [7, 11) is 2.03. The number of nitrogens with one attached hydrogen (secondary N) is 1. The van der Waals surface area contributed by atoms with E-state index in [1.807, 2.05) is 18.7 Å². The Balaban J connectivity index is 2.44. The molecule has 1 rings (SSSR count). The van der Waals surface area contributed by atoms with Crippen molar-refractivity contribution in [1.82, 2.24) is 15.1 Å². The first kappa shape index (κ1) is 15.7. The Morgan fingerprint density at radius 1 is 1.33 bits per heavy atom. The van der Waals surface area contributed by atoms with Gasteiger partial charge in [-0.1, -0.05) is 20.3 Å². The van der Waals surface area contributed by atoms with E-state index in [0.29, 0.717) is 6.04 Å². The largest absolute Gasteiger partial charge is 0.314 e. The number of hydrogen-bond donors (Lipinski definition) is 1. The molecule has 0 radical (unpaired) electrons. The first-order valence-corrected chi connectivity index (χ1v) is 7.80.